The molecule has 92 valence electrons. The number of aromatic carboxylic acids is 1. The highest BCUT2D eigenvalue weighted by Gasteiger charge is 2.26. The molecule has 2 rings (SSSR count). The Kier molecular flexibility index (Phi) is 2.94. The normalized spacial score (nSPS) is 15.5. The predicted octanol–water partition coefficient (Wildman–Crippen LogP) is 2.96. The summed E-state index contributed by atoms with van der Waals surface area (Å²) in [5.74, 6) is -0.865. The molecule has 0 radical (unpaired) electrons. The summed E-state index contributed by atoms with van der Waals surface area (Å²) in [7, 11) is 0. The first-order chi connectivity index (χ1) is 7.89. The molecule has 1 heterocycles. The molecule has 17 heavy (non-hydrogen) atoms. The summed E-state index contributed by atoms with van der Waals surface area (Å²) in [6.07, 6.45) is 4.25. The quantitative estimate of drug-likeness (QED) is 0.811. The summed E-state index contributed by atoms with van der Waals surface area (Å²) in [5, 5.41) is 9.29. The lowest BCUT2D eigenvalue weighted by molar-refractivity contribution is 0.0693. The van der Waals surface area contributed by atoms with Crippen LogP contribution in [-0.2, 0) is 18.3 Å². The van der Waals surface area contributed by atoms with Gasteiger partial charge < -0.3 is 5.11 Å². The predicted molar refractivity (Wildman–Crippen MR) is 66.5 cm³/mol. The van der Waals surface area contributed by atoms with E-state index in [0.717, 1.165) is 36.9 Å². The van der Waals surface area contributed by atoms with Crippen LogP contribution >= 0.6 is 0 Å². The second kappa shape index (κ2) is 4.13. The number of aromatic nitrogens is 1. The molecule has 0 bridgehead atoms. The van der Waals surface area contributed by atoms with E-state index in [1.165, 1.54) is 0 Å². The van der Waals surface area contributed by atoms with Gasteiger partial charge in [-0.2, -0.15) is 0 Å². The highest BCUT2D eigenvalue weighted by molar-refractivity contribution is 5.89. The third-order valence-electron chi connectivity index (χ3n) is 3.24. The van der Waals surface area contributed by atoms with Gasteiger partial charge in [-0.1, -0.05) is 20.8 Å². The molecule has 0 atom stereocenters. The van der Waals surface area contributed by atoms with Gasteiger partial charge in [-0.3, -0.25) is 4.98 Å². The molecule has 0 spiro atoms. The Labute approximate surface area is 102 Å². The molecule has 0 saturated heterocycles. The molecule has 1 aromatic rings. The third-order valence-corrected chi connectivity index (χ3v) is 3.24. The van der Waals surface area contributed by atoms with E-state index in [0.29, 0.717) is 11.3 Å². The second-order valence-electron chi connectivity index (χ2n) is 5.75. The molecule has 0 fully saturated rings. The van der Waals surface area contributed by atoms with Crippen molar-refractivity contribution in [1.82, 2.24) is 4.98 Å². The highest BCUT2D eigenvalue weighted by Crippen LogP contribution is 2.29. The number of carboxylic acids is 1. The fraction of sp³-hybridized carbons (Fsp3) is 0.571. The minimum atomic E-state index is -0.865. The van der Waals surface area contributed by atoms with Crippen molar-refractivity contribution < 1.29 is 9.90 Å². The first-order valence-corrected chi connectivity index (χ1v) is 6.16. The van der Waals surface area contributed by atoms with Gasteiger partial charge in [0.15, 0.2) is 0 Å². The van der Waals surface area contributed by atoms with Crippen LogP contribution in [-0.4, -0.2) is 16.1 Å². The van der Waals surface area contributed by atoms with Crippen molar-refractivity contribution in [2.75, 3.05) is 0 Å². The molecular weight excluding hydrogens is 214 g/mol. The number of nitrogens with zero attached hydrogens (tertiary/aromatic N) is 1. The Bertz CT molecular complexity index is 458. The number of carboxylic acid groups (broad SMARTS) is 1. The zero-order chi connectivity index (χ0) is 12.6. The number of carbonyl (C=O) groups is 1. The van der Waals surface area contributed by atoms with Crippen molar-refractivity contribution in [3.63, 3.8) is 0 Å². The van der Waals surface area contributed by atoms with Crippen LogP contribution < -0.4 is 0 Å². The number of rotatable bonds is 1. The van der Waals surface area contributed by atoms with Crippen molar-refractivity contribution in [3.05, 3.63) is 28.6 Å². The monoisotopic (exact) mass is 233 g/mol. The van der Waals surface area contributed by atoms with Crippen LogP contribution in [0.25, 0.3) is 0 Å². The molecule has 0 unspecified atom stereocenters. The molecule has 0 saturated carbocycles. The first kappa shape index (κ1) is 12.1. The van der Waals surface area contributed by atoms with Crippen LogP contribution in [0, 0.1) is 0 Å². The van der Waals surface area contributed by atoms with Crippen molar-refractivity contribution in [2.24, 2.45) is 0 Å². The lowest BCUT2D eigenvalue weighted by Gasteiger charge is -2.24. The summed E-state index contributed by atoms with van der Waals surface area (Å²) in [6.45, 7) is 6.03. The van der Waals surface area contributed by atoms with Crippen molar-refractivity contribution in [1.29, 1.82) is 0 Å². The molecule has 1 N–H and O–H groups in total. The van der Waals surface area contributed by atoms with Gasteiger partial charge in [0, 0.05) is 11.1 Å². The number of aryl methyl sites for hydroxylation is 2. The molecule has 0 amide bonds. The average molecular weight is 233 g/mol. The van der Waals surface area contributed by atoms with Gasteiger partial charge in [-0.25, -0.2) is 4.79 Å². The first-order valence-electron chi connectivity index (χ1n) is 6.16. The zero-order valence-corrected chi connectivity index (χ0v) is 10.7. The maximum absolute atomic E-state index is 11.3. The highest BCUT2D eigenvalue weighted by atomic mass is 16.4. The van der Waals surface area contributed by atoms with E-state index >= 15 is 0 Å². The van der Waals surface area contributed by atoms with E-state index in [9.17, 15) is 9.90 Å². The van der Waals surface area contributed by atoms with Gasteiger partial charge in [0.2, 0.25) is 0 Å². The van der Waals surface area contributed by atoms with Gasteiger partial charge in [0.25, 0.3) is 0 Å². The van der Waals surface area contributed by atoms with Gasteiger partial charge in [0.1, 0.15) is 0 Å². The van der Waals surface area contributed by atoms with E-state index in [1.54, 1.807) is 0 Å². The van der Waals surface area contributed by atoms with Gasteiger partial charge in [0.05, 0.1) is 11.3 Å². The smallest absolute Gasteiger partial charge is 0.337 e. The minimum absolute atomic E-state index is 0.222. The van der Waals surface area contributed by atoms with Gasteiger partial charge in [-0.15, -0.1) is 0 Å². The fourth-order valence-electron chi connectivity index (χ4n) is 2.37. The molecule has 0 aliphatic heterocycles. The standard InChI is InChI=1S/C14H19NO2/c1-14(2,3)12-10(13(16)17)8-9-6-4-5-7-11(9)15-12/h8H,4-7H2,1-3H3,(H,16,17). The second-order valence-corrected chi connectivity index (χ2v) is 5.75. The molecule has 0 aromatic carbocycles. The zero-order valence-electron chi connectivity index (χ0n) is 10.7. The number of hydrogen-bond acceptors (Lipinski definition) is 2. The van der Waals surface area contributed by atoms with Crippen LogP contribution in [0.5, 0.6) is 0 Å². The van der Waals surface area contributed by atoms with Crippen LogP contribution in [0.3, 0.4) is 0 Å². The topological polar surface area (TPSA) is 50.2 Å². The van der Waals surface area contributed by atoms with Gasteiger partial charge >= 0.3 is 5.97 Å². The van der Waals surface area contributed by atoms with Crippen LogP contribution in [0.15, 0.2) is 6.07 Å². The molecule has 3 nitrogen and oxygen atoms in total. The molecule has 1 aromatic heterocycles. The van der Waals surface area contributed by atoms with Crippen LogP contribution in [0.1, 0.15) is 60.9 Å². The van der Waals surface area contributed by atoms with Gasteiger partial charge in [-0.05, 0) is 37.3 Å². The van der Waals surface area contributed by atoms with E-state index in [2.05, 4.69) is 4.98 Å². The maximum atomic E-state index is 11.3. The SMILES string of the molecule is CC(C)(C)c1nc2c(cc1C(=O)O)CCCC2. The third kappa shape index (κ3) is 2.33. The molecule has 3 heteroatoms. The van der Waals surface area contributed by atoms with E-state index in [1.807, 2.05) is 26.8 Å². The summed E-state index contributed by atoms with van der Waals surface area (Å²) >= 11 is 0. The Balaban J connectivity index is 2.60. The van der Waals surface area contributed by atoms with E-state index in [-0.39, 0.29) is 5.41 Å². The van der Waals surface area contributed by atoms with Crippen molar-refractivity contribution in [3.8, 4) is 0 Å². The summed E-state index contributed by atoms with van der Waals surface area (Å²) in [5.41, 5.74) is 3.09. The Morgan fingerprint density at radius 3 is 2.53 bits per heavy atom. The molecule has 1 aliphatic carbocycles. The van der Waals surface area contributed by atoms with E-state index in [4.69, 9.17) is 0 Å². The summed E-state index contributed by atoms with van der Waals surface area (Å²) < 4.78 is 0. The lowest BCUT2D eigenvalue weighted by Crippen LogP contribution is -2.22. The maximum Gasteiger partial charge on any atom is 0.337 e. The molecular formula is C14H19NO2. The largest absolute Gasteiger partial charge is 0.478 e. The summed E-state index contributed by atoms with van der Waals surface area (Å²) in [6, 6.07) is 1.84. The number of pyridine rings is 1. The summed E-state index contributed by atoms with van der Waals surface area (Å²) in [4.78, 5) is 15.9. The van der Waals surface area contributed by atoms with Crippen molar-refractivity contribution in [2.45, 2.75) is 51.9 Å². The lowest BCUT2D eigenvalue weighted by atomic mass is 9.85. The van der Waals surface area contributed by atoms with Crippen LogP contribution in [0.4, 0.5) is 0 Å². The number of fused-ring (bicyclic) bond motifs is 1. The minimum Gasteiger partial charge on any atom is -0.478 e. The van der Waals surface area contributed by atoms with Crippen molar-refractivity contribution >= 4 is 5.97 Å². The Morgan fingerprint density at radius 1 is 1.29 bits per heavy atom. The molecule has 1 aliphatic rings. The Morgan fingerprint density at radius 2 is 1.94 bits per heavy atom. The Hall–Kier alpha value is -1.38. The number of hydrogen-bond donors (Lipinski definition) is 1. The average Bonchev–Trinajstić information content (AvgIpc) is 2.26. The fourth-order valence-corrected chi connectivity index (χ4v) is 2.37. The van der Waals surface area contributed by atoms with Crippen LogP contribution in [0.2, 0.25) is 0 Å². The van der Waals surface area contributed by atoms with E-state index < -0.39 is 5.97 Å².